The zero-order valence-corrected chi connectivity index (χ0v) is 8.31. The first-order valence-electron chi connectivity index (χ1n) is 3.65. The monoisotopic (exact) mass is 232 g/mol. The Morgan fingerprint density at radius 2 is 2.25 bits per heavy atom. The van der Waals surface area contributed by atoms with Crippen molar-refractivity contribution in [1.29, 1.82) is 0 Å². The third-order valence-corrected chi connectivity index (χ3v) is 2.33. The molecule has 0 radical (unpaired) electrons. The van der Waals surface area contributed by atoms with Gasteiger partial charge in [-0.15, -0.1) is 0 Å². The number of hydrogen-bond donors (Lipinski definition) is 1. The first-order valence-corrected chi connectivity index (χ1v) is 4.77. The highest BCUT2D eigenvalue weighted by Gasteiger charge is 2.06. The molecule has 0 saturated heterocycles. The van der Waals surface area contributed by atoms with Crippen LogP contribution in [0.15, 0.2) is 18.2 Å². The number of aryl methyl sites for hydroxylation is 1. The molecule has 1 nitrogen and oxygen atoms in total. The van der Waals surface area contributed by atoms with E-state index in [0.717, 1.165) is 5.56 Å². The van der Waals surface area contributed by atoms with E-state index in [1.54, 1.807) is 19.1 Å². The van der Waals surface area contributed by atoms with Crippen molar-refractivity contribution in [2.45, 2.75) is 13.0 Å². The molecule has 66 valence electrons. The highest BCUT2D eigenvalue weighted by atomic mass is 79.9. The number of aliphatic hydroxyl groups excluding tert-OH is 1. The number of rotatable bonds is 2. The third kappa shape index (κ3) is 2.05. The normalized spacial score (nSPS) is 13.0. The van der Waals surface area contributed by atoms with Crippen LogP contribution in [0.2, 0.25) is 0 Å². The van der Waals surface area contributed by atoms with E-state index >= 15 is 0 Å². The van der Waals surface area contributed by atoms with Crippen molar-refractivity contribution < 1.29 is 9.50 Å². The molecule has 0 spiro atoms. The number of aliphatic hydroxyl groups is 1. The Morgan fingerprint density at radius 3 is 2.75 bits per heavy atom. The standard InChI is InChI=1S/C9H10BrFO/c1-6-4-7(9(12)5-10)2-3-8(6)11/h2-4,9,12H,5H2,1H3. The fourth-order valence-corrected chi connectivity index (χ4v) is 1.34. The van der Waals surface area contributed by atoms with Gasteiger partial charge in [0.05, 0.1) is 6.10 Å². The molecule has 0 amide bonds. The molecule has 1 aromatic rings. The Balaban J connectivity index is 2.96. The van der Waals surface area contributed by atoms with E-state index in [-0.39, 0.29) is 5.82 Å². The fraction of sp³-hybridized carbons (Fsp3) is 0.333. The summed E-state index contributed by atoms with van der Waals surface area (Å²) in [5.41, 5.74) is 1.30. The van der Waals surface area contributed by atoms with Crippen molar-refractivity contribution in [1.82, 2.24) is 0 Å². The summed E-state index contributed by atoms with van der Waals surface area (Å²) in [6.45, 7) is 1.68. The average Bonchev–Trinajstić information content (AvgIpc) is 2.08. The van der Waals surface area contributed by atoms with Gasteiger partial charge in [0, 0.05) is 5.33 Å². The Hall–Kier alpha value is -0.410. The van der Waals surface area contributed by atoms with Crippen LogP contribution in [0.5, 0.6) is 0 Å². The van der Waals surface area contributed by atoms with Crippen molar-refractivity contribution >= 4 is 15.9 Å². The Morgan fingerprint density at radius 1 is 1.58 bits per heavy atom. The molecule has 0 fully saturated rings. The summed E-state index contributed by atoms with van der Waals surface area (Å²) in [6, 6.07) is 4.62. The van der Waals surface area contributed by atoms with Crippen molar-refractivity contribution in [3.8, 4) is 0 Å². The van der Waals surface area contributed by atoms with E-state index in [0.29, 0.717) is 10.9 Å². The highest BCUT2D eigenvalue weighted by molar-refractivity contribution is 9.09. The van der Waals surface area contributed by atoms with Crippen LogP contribution in [0.25, 0.3) is 0 Å². The lowest BCUT2D eigenvalue weighted by Gasteiger charge is -2.07. The van der Waals surface area contributed by atoms with Crippen LogP contribution in [0.3, 0.4) is 0 Å². The van der Waals surface area contributed by atoms with Crippen molar-refractivity contribution in [2.75, 3.05) is 5.33 Å². The van der Waals surface area contributed by atoms with Crippen LogP contribution in [0.4, 0.5) is 4.39 Å². The van der Waals surface area contributed by atoms with Gasteiger partial charge in [0.2, 0.25) is 0 Å². The molecule has 1 unspecified atom stereocenters. The Bertz CT molecular complexity index is 275. The minimum Gasteiger partial charge on any atom is -0.388 e. The average molecular weight is 233 g/mol. The van der Waals surface area contributed by atoms with Gasteiger partial charge in [-0.1, -0.05) is 28.1 Å². The van der Waals surface area contributed by atoms with Gasteiger partial charge in [-0.2, -0.15) is 0 Å². The van der Waals surface area contributed by atoms with E-state index in [4.69, 9.17) is 0 Å². The first kappa shape index (κ1) is 9.68. The van der Waals surface area contributed by atoms with Crippen LogP contribution in [0, 0.1) is 12.7 Å². The van der Waals surface area contributed by atoms with Crippen molar-refractivity contribution in [2.24, 2.45) is 0 Å². The summed E-state index contributed by atoms with van der Waals surface area (Å²) in [5, 5.41) is 9.85. The predicted octanol–water partition coefficient (Wildman–Crippen LogP) is 2.56. The quantitative estimate of drug-likeness (QED) is 0.778. The molecule has 1 rings (SSSR count). The van der Waals surface area contributed by atoms with Crippen molar-refractivity contribution in [3.05, 3.63) is 35.1 Å². The first-order chi connectivity index (χ1) is 5.65. The second-order valence-electron chi connectivity index (χ2n) is 2.68. The number of hydrogen-bond acceptors (Lipinski definition) is 1. The van der Waals surface area contributed by atoms with Crippen LogP contribution in [-0.4, -0.2) is 10.4 Å². The Labute approximate surface area is 79.4 Å². The molecule has 1 N–H and O–H groups in total. The predicted molar refractivity (Wildman–Crippen MR) is 49.9 cm³/mol. The molecule has 3 heteroatoms. The maximum absolute atomic E-state index is 12.8. The van der Waals surface area contributed by atoms with Crippen molar-refractivity contribution in [3.63, 3.8) is 0 Å². The zero-order chi connectivity index (χ0) is 9.14. The summed E-state index contributed by atoms with van der Waals surface area (Å²) in [6.07, 6.45) is -0.552. The van der Waals surface area contributed by atoms with Gasteiger partial charge in [0.15, 0.2) is 0 Å². The van der Waals surface area contributed by atoms with E-state index in [2.05, 4.69) is 15.9 Å². The van der Waals surface area contributed by atoms with E-state index in [9.17, 15) is 9.50 Å². The summed E-state index contributed by atoms with van der Waals surface area (Å²) >= 11 is 3.15. The Kier molecular flexibility index (Phi) is 3.23. The summed E-state index contributed by atoms with van der Waals surface area (Å²) < 4.78 is 12.8. The van der Waals surface area contributed by atoms with Gasteiger partial charge in [-0.25, -0.2) is 4.39 Å². The highest BCUT2D eigenvalue weighted by Crippen LogP contribution is 2.17. The molecule has 0 aliphatic carbocycles. The smallest absolute Gasteiger partial charge is 0.126 e. The molecular formula is C9H10BrFO. The number of halogens is 2. The van der Waals surface area contributed by atoms with Gasteiger partial charge in [0.1, 0.15) is 5.82 Å². The molecule has 0 heterocycles. The largest absolute Gasteiger partial charge is 0.388 e. The number of alkyl halides is 1. The molecule has 0 aliphatic heterocycles. The maximum atomic E-state index is 12.8. The SMILES string of the molecule is Cc1cc(C(O)CBr)ccc1F. The molecule has 0 aromatic heterocycles. The van der Waals surface area contributed by atoms with E-state index in [1.807, 2.05) is 0 Å². The van der Waals surface area contributed by atoms with Gasteiger partial charge in [0.25, 0.3) is 0 Å². The summed E-state index contributed by atoms with van der Waals surface area (Å²) in [4.78, 5) is 0. The third-order valence-electron chi connectivity index (χ3n) is 1.71. The van der Waals surface area contributed by atoms with Crippen LogP contribution >= 0.6 is 15.9 Å². The molecule has 0 bridgehead atoms. The number of benzene rings is 1. The van der Waals surface area contributed by atoms with Gasteiger partial charge >= 0.3 is 0 Å². The van der Waals surface area contributed by atoms with Gasteiger partial charge in [-0.3, -0.25) is 0 Å². The van der Waals surface area contributed by atoms with E-state index in [1.165, 1.54) is 6.07 Å². The van der Waals surface area contributed by atoms with E-state index < -0.39 is 6.10 Å². The summed E-state index contributed by atoms with van der Waals surface area (Å²) in [5.74, 6) is -0.236. The molecule has 0 aliphatic rings. The van der Waals surface area contributed by atoms with Crippen LogP contribution < -0.4 is 0 Å². The second kappa shape index (κ2) is 4.01. The minimum atomic E-state index is -0.552. The molecule has 0 saturated carbocycles. The van der Waals surface area contributed by atoms with Crippen LogP contribution in [-0.2, 0) is 0 Å². The lowest BCUT2D eigenvalue weighted by molar-refractivity contribution is 0.205. The molecular weight excluding hydrogens is 223 g/mol. The topological polar surface area (TPSA) is 20.2 Å². The lowest BCUT2D eigenvalue weighted by Crippen LogP contribution is -1.99. The van der Waals surface area contributed by atoms with Crippen LogP contribution in [0.1, 0.15) is 17.2 Å². The maximum Gasteiger partial charge on any atom is 0.126 e. The second-order valence-corrected chi connectivity index (χ2v) is 3.33. The van der Waals surface area contributed by atoms with Gasteiger partial charge in [-0.05, 0) is 24.1 Å². The minimum absolute atomic E-state index is 0.236. The molecule has 12 heavy (non-hydrogen) atoms. The fourth-order valence-electron chi connectivity index (χ4n) is 0.964. The summed E-state index contributed by atoms with van der Waals surface area (Å²) in [7, 11) is 0. The molecule has 1 atom stereocenters. The zero-order valence-electron chi connectivity index (χ0n) is 6.72. The molecule has 1 aromatic carbocycles. The lowest BCUT2D eigenvalue weighted by atomic mass is 10.1. The van der Waals surface area contributed by atoms with Gasteiger partial charge < -0.3 is 5.11 Å².